The zero-order chi connectivity index (χ0) is 12.4. The topological polar surface area (TPSA) is 42.2 Å². The van der Waals surface area contributed by atoms with Gasteiger partial charge in [-0.1, -0.05) is 26.0 Å². The molecule has 0 spiro atoms. The van der Waals surface area contributed by atoms with Crippen molar-refractivity contribution in [2.45, 2.75) is 20.8 Å². The Morgan fingerprint density at radius 3 is 2.19 bits per heavy atom. The molecule has 1 rings (SSSR count). The van der Waals surface area contributed by atoms with Crippen LogP contribution in [0.15, 0.2) is 24.3 Å². The summed E-state index contributed by atoms with van der Waals surface area (Å²) in [5.41, 5.74) is 0. The predicted octanol–water partition coefficient (Wildman–Crippen LogP) is 3.26. The molecule has 16 heavy (non-hydrogen) atoms. The molecular weight excluding hydrogens is 202 g/mol. The first-order chi connectivity index (χ1) is 7.65. The normalized spacial score (nSPS) is 8.75. The van der Waals surface area contributed by atoms with Crippen LogP contribution in [0.5, 0.6) is 11.5 Å². The molecule has 0 atom stereocenters. The zero-order valence-electron chi connectivity index (χ0n) is 10.4. The summed E-state index contributed by atoms with van der Waals surface area (Å²) >= 11 is 0. The average Bonchev–Trinajstić information content (AvgIpc) is 2.27. The van der Waals surface area contributed by atoms with Crippen LogP contribution in [0, 0.1) is 17.2 Å². The molecule has 0 aromatic heterocycles. The van der Waals surface area contributed by atoms with Crippen molar-refractivity contribution < 1.29 is 9.47 Å². The van der Waals surface area contributed by atoms with Gasteiger partial charge in [-0.25, -0.2) is 0 Å². The minimum absolute atomic E-state index is 0.532. The van der Waals surface area contributed by atoms with Crippen LogP contribution < -0.4 is 9.47 Å². The minimum Gasteiger partial charge on any atom is -0.493 e. The number of ether oxygens (including phenoxy) is 2. The highest BCUT2D eigenvalue weighted by Crippen LogP contribution is 2.25. The lowest BCUT2D eigenvalue weighted by atomic mass is 10.2. The standard InChI is InChI=1S/C11H16O2.C2H3N/c1-9(2)8-13-11-7-5-4-6-10(11)12-3;1-2-3/h4-7,9H,8H2,1-3H3;1H3. The van der Waals surface area contributed by atoms with Crippen LogP contribution in [-0.4, -0.2) is 13.7 Å². The largest absolute Gasteiger partial charge is 0.493 e. The van der Waals surface area contributed by atoms with Crippen molar-refractivity contribution in [1.82, 2.24) is 0 Å². The molecule has 0 fully saturated rings. The second-order valence-electron chi connectivity index (χ2n) is 3.58. The fourth-order valence-corrected chi connectivity index (χ4v) is 0.994. The Balaban J connectivity index is 0.000000673. The Morgan fingerprint density at radius 1 is 1.25 bits per heavy atom. The first kappa shape index (κ1) is 14.3. The highest BCUT2D eigenvalue weighted by molar-refractivity contribution is 5.39. The van der Waals surface area contributed by atoms with E-state index >= 15 is 0 Å². The highest BCUT2D eigenvalue weighted by atomic mass is 16.5. The molecular formula is C13H19NO2. The van der Waals surface area contributed by atoms with E-state index in [-0.39, 0.29) is 0 Å². The molecule has 0 amide bonds. The molecule has 1 aromatic carbocycles. The van der Waals surface area contributed by atoms with Gasteiger partial charge in [0.25, 0.3) is 0 Å². The number of hydrogen-bond acceptors (Lipinski definition) is 3. The van der Waals surface area contributed by atoms with E-state index in [4.69, 9.17) is 14.7 Å². The van der Waals surface area contributed by atoms with Crippen LogP contribution >= 0.6 is 0 Å². The number of para-hydroxylation sites is 2. The van der Waals surface area contributed by atoms with Crippen molar-refractivity contribution in [1.29, 1.82) is 5.26 Å². The fraction of sp³-hybridized carbons (Fsp3) is 0.462. The summed E-state index contributed by atoms with van der Waals surface area (Å²) in [7, 11) is 1.65. The van der Waals surface area contributed by atoms with Crippen molar-refractivity contribution in [3.63, 3.8) is 0 Å². The van der Waals surface area contributed by atoms with E-state index in [1.807, 2.05) is 24.3 Å². The molecule has 0 saturated heterocycles. The number of benzene rings is 1. The molecule has 0 N–H and O–H groups in total. The van der Waals surface area contributed by atoms with E-state index in [0.29, 0.717) is 5.92 Å². The predicted molar refractivity (Wildman–Crippen MR) is 64.6 cm³/mol. The summed E-state index contributed by atoms with van der Waals surface area (Å²) in [5.74, 6) is 2.15. The number of nitrogens with zero attached hydrogens (tertiary/aromatic N) is 1. The second-order valence-corrected chi connectivity index (χ2v) is 3.58. The SMILES string of the molecule is CC#N.COc1ccccc1OCC(C)C. The summed E-state index contributed by atoms with van der Waals surface area (Å²) in [6, 6.07) is 9.44. The lowest BCUT2D eigenvalue weighted by Crippen LogP contribution is -2.05. The molecule has 1 aromatic rings. The maximum Gasteiger partial charge on any atom is 0.161 e. The van der Waals surface area contributed by atoms with E-state index in [1.54, 1.807) is 13.2 Å². The van der Waals surface area contributed by atoms with Gasteiger partial charge in [-0.05, 0) is 18.1 Å². The van der Waals surface area contributed by atoms with Gasteiger partial charge in [0.2, 0.25) is 0 Å². The Bertz CT molecular complexity index is 329. The Kier molecular flexibility index (Phi) is 7.70. The van der Waals surface area contributed by atoms with Gasteiger partial charge in [-0.15, -0.1) is 0 Å². The van der Waals surface area contributed by atoms with Crippen LogP contribution in [0.3, 0.4) is 0 Å². The van der Waals surface area contributed by atoms with Crippen LogP contribution in [-0.2, 0) is 0 Å². The molecule has 3 nitrogen and oxygen atoms in total. The van der Waals surface area contributed by atoms with Gasteiger partial charge in [-0.2, -0.15) is 5.26 Å². The Hall–Kier alpha value is -1.69. The van der Waals surface area contributed by atoms with Gasteiger partial charge in [0.05, 0.1) is 19.8 Å². The van der Waals surface area contributed by atoms with Gasteiger partial charge in [-0.3, -0.25) is 0 Å². The molecule has 0 radical (unpaired) electrons. The number of rotatable bonds is 4. The summed E-state index contributed by atoms with van der Waals surface area (Å²) in [4.78, 5) is 0. The Labute approximate surface area is 97.6 Å². The van der Waals surface area contributed by atoms with E-state index < -0.39 is 0 Å². The molecule has 0 bridgehead atoms. The van der Waals surface area contributed by atoms with Crippen molar-refractivity contribution in [3.8, 4) is 17.6 Å². The van der Waals surface area contributed by atoms with Gasteiger partial charge >= 0.3 is 0 Å². The maximum atomic E-state index is 7.32. The smallest absolute Gasteiger partial charge is 0.161 e. The van der Waals surface area contributed by atoms with Crippen LogP contribution in [0.4, 0.5) is 0 Å². The van der Waals surface area contributed by atoms with Gasteiger partial charge in [0.15, 0.2) is 11.5 Å². The third-order valence-electron chi connectivity index (χ3n) is 1.64. The van der Waals surface area contributed by atoms with Crippen LogP contribution in [0.2, 0.25) is 0 Å². The molecule has 0 aliphatic heterocycles. The van der Waals surface area contributed by atoms with Crippen LogP contribution in [0.25, 0.3) is 0 Å². The van der Waals surface area contributed by atoms with Crippen molar-refractivity contribution >= 4 is 0 Å². The van der Waals surface area contributed by atoms with Crippen molar-refractivity contribution in [2.24, 2.45) is 5.92 Å². The van der Waals surface area contributed by atoms with Gasteiger partial charge in [0, 0.05) is 6.92 Å². The van der Waals surface area contributed by atoms with Crippen molar-refractivity contribution in [2.75, 3.05) is 13.7 Å². The first-order valence-corrected chi connectivity index (χ1v) is 5.22. The lowest BCUT2D eigenvalue weighted by Gasteiger charge is -2.11. The highest BCUT2D eigenvalue weighted by Gasteiger charge is 2.02. The Morgan fingerprint density at radius 2 is 1.75 bits per heavy atom. The summed E-state index contributed by atoms with van der Waals surface area (Å²) < 4.78 is 10.7. The molecule has 0 unspecified atom stereocenters. The average molecular weight is 221 g/mol. The number of hydrogen-bond donors (Lipinski definition) is 0. The molecule has 0 saturated carbocycles. The molecule has 0 aliphatic rings. The van der Waals surface area contributed by atoms with Gasteiger partial charge in [0.1, 0.15) is 0 Å². The zero-order valence-corrected chi connectivity index (χ0v) is 10.4. The first-order valence-electron chi connectivity index (χ1n) is 5.22. The molecule has 0 heterocycles. The number of nitriles is 1. The quantitative estimate of drug-likeness (QED) is 0.783. The second kappa shape index (κ2) is 8.60. The third kappa shape index (κ3) is 5.92. The summed E-state index contributed by atoms with van der Waals surface area (Å²) in [6.45, 7) is 6.39. The monoisotopic (exact) mass is 221 g/mol. The maximum absolute atomic E-state index is 7.32. The third-order valence-corrected chi connectivity index (χ3v) is 1.64. The summed E-state index contributed by atoms with van der Waals surface area (Å²) in [5, 5.41) is 7.32. The summed E-state index contributed by atoms with van der Waals surface area (Å²) in [6.07, 6.45) is 0. The lowest BCUT2D eigenvalue weighted by molar-refractivity contribution is 0.257. The van der Waals surface area contributed by atoms with E-state index in [1.165, 1.54) is 6.92 Å². The minimum atomic E-state index is 0.532. The number of methoxy groups -OCH3 is 1. The molecule has 0 aliphatic carbocycles. The van der Waals surface area contributed by atoms with E-state index in [0.717, 1.165) is 18.1 Å². The molecule has 3 heteroatoms. The van der Waals surface area contributed by atoms with Crippen molar-refractivity contribution in [3.05, 3.63) is 24.3 Å². The van der Waals surface area contributed by atoms with Crippen LogP contribution in [0.1, 0.15) is 20.8 Å². The van der Waals surface area contributed by atoms with E-state index in [9.17, 15) is 0 Å². The molecule has 88 valence electrons. The van der Waals surface area contributed by atoms with E-state index in [2.05, 4.69) is 13.8 Å². The fourth-order valence-electron chi connectivity index (χ4n) is 0.994. The van der Waals surface area contributed by atoms with Gasteiger partial charge < -0.3 is 9.47 Å².